The first kappa shape index (κ1) is 25.4. The number of carbonyl (C=O) groups excluding carboxylic acids is 2. The van der Waals surface area contributed by atoms with E-state index in [4.69, 9.17) is 14.8 Å². The molecule has 0 atom stereocenters. The van der Waals surface area contributed by atoms with Crippen molar-refractivity contribution in [1.82, 2.24) is 0 Å². The lowest BCUT2D eigenvalue weighted by atomic mass is 9.99. The highest BCUT2D eigenvalue weighted by Crippen LogP contribution is 2.49. The van der Waals surface area contributed by atoms with Gasteiger partial charge >= 0.3 is 7.60 Å². The molecule has 3 aromatic carbocycles. The van der Waals surface area contributed by atoms with Crippen molar-refractivity contribution in [3.63, 3.8) is 0 Å². The minimum absolute atomic E-state index is 0.216. The predicted molar refractivity (Wildman–Crippen MR) is 142 cm³/mol. The maximum atomic E-state index is 13.5. The number of nitrogens with zero attached hydrogens (tertiary/aromatic N) is 1. The molecule has 186 valence electrons. The quantitative estimate of drug-likeness (QED) is 0.324. The van der Waals surface area contributed by atoms with E-state index in [0.717, 1.165) is 11.3 Å². The highest BCUT2D eigenvalue weighted by Gasteiger charge is 2.34. The van der Waals surface area contributed by atoms with Crippen LogP contribution in [0, 0.1) is 0 Å². The number of rotatable bonds is 9. The number of hydrogen-bond acceptors (Lipinski definition) is 6. The van der Waals surface area contributed by atoms with Gasteiger partial charge in [-0.2, -0.15) is 0 Å². The number of carbonyl (C=O) groups is 2. The number of amides is 2. The minimum atomic E-state index is -3.57. The molecule has 3 aromatic rings. The van der Waals surface area contributed by atoms with Crippen molar-refractivity contribution < 1.29 is 23.2 Å². The summed E-state index contributed by atoms with van der Waals surface area (Å²) in [5, 5.41) is 3.29. The smallest absolute Gasteiger partial charge is 0.361 e. The van der Waals surface area contributed by atoms with Crippen molar-refractivity contribution in [3.8, 4) is 0 Å². The molecule has 4 rings (SSSR count). The fourth-order valence-electron chi connectivity index (χ4n) is 4.17. The minimum Gasteiger partial charge on any atom is -0.366 e. The molecule has 0 unspecified atom stereocenters. The van der Waals surface area contributed by atoms with Crippen LogP contribution in [0.5, 0.6) is 0 Å². The van der Waals surface area contributed by atoms with Crippen LogP contribution in [-0.2, 0) is 18.4 Å². The van der Waals surface area contributed by atoms with E-state index in [0.29, 0.717) is 33.4 Å². The average Bonchev–Trinajstić information content (AvgIpc) is 3.20. The molecule has 1 heterocycles. The van der Waals surface area contributed by atoms with Crippen LogP contribution in [-0.4, -0.2) is 32.1 Å². The lowest BCUT2D eigenvalue weighted by molar-refractivity contribution is -0.110. The van der Waals surface area contributed by atoms with Crippen LogP contribution in [0.25, 0.3) is 11.3 Å². The highest BCUT2D eigenvalue weighted by molar-refractivity contribution is 7.62. The maximum Gasteiger partial charge on any atom is 0.361 e. The molecule has 0 aliphatic carbocycles. The van der Waals surface area contributed by atoms with E-state index >= 15 is 0 Å². The SMILES string of the molecule is CCOP(=O)(OCC)c1ccc2c(c1)/C(=C(\c1ccccc1)N(C)c1ccc(C(N)=O)cc1)C(=O)N2. The Morgan fingerprint density at radius 3 is 2.17 bits per heavy atom. The Kier molecular flexibility index (Phi) is 7.40. The van der Waals surface area contributed by atoms with Crippen LogP contribution in [0.15, 0.2) is 72.8 Å². The van der Waals surface area contributed by atoms with Crippen LogP contribution >= 0.6 is 7.60 Å². The second-order valence-electron chi connectivity index (χ2n) is 8.08. The summed E-state index contributed by atoms with van der Waals surface area (Å²) in [7, 11) is -1.73. The second kappa shape index (κ2) is 10.5. The molecule has 1 aliphatic rings. The van der Waals surface area contributed by atoms with Gasteiger partial charge in [0.15, 0.2) is 0 Å². The van der Waals surface area contributed by atoms with Crippen LogP contribution in [0.4, 0.5) is 11.4 Å². The molecule has 0 saturated heterocycles. The van der Waals surface area contributed by atoms with E-state index in [9.17, 15) is 14.2 Å². The van der Waals surface area contributed by atoms with Gasteiger partial charge in [-0.25, -0.2) is 0 Å². The molecule has 2 amide bonds. The number of benzene rings is 3. The molecule has 0 aromatic heterocycles. The number of fused-ring (bicyclic) bond motifs is 1. The zero-order chi connectivity index (χ0) is 25.9. The Morgan fingerprint density at radius 2 is 1.58 bits per heavy atom. The zero-order valence-corrected chi connectivity index (χ0v) is 21.2. The van der Waals surface area contributed by atoms with Crippen molar-refractivity contribution in [2.45, 2.75) is 13.8 Å². The van der Waals surface area contributed by atoms with Crippen LogP contribution in [0.1, 0.15) is 35.3 Å². The fraction of sp³-hybridized carbons (Fsp3) is 0.185. The third-order valence-electron chi connectivity index (χ3n) is 5.82. The Balaban J connectivity index is 1.92. The molecule has 0 fully saturated rings. The van der Waals surface area contributed by atoms with Crippen molar-refractivity contribution in [2.24, 2.45) is 5.73 Å². The largest absolute Gasteiger partial charge is 0.366 e. The van der Waals surface area contributed by atoms with E-state index in [1.165, 1.54) is 0 Å². The molecular weight excluding hydrogens is 477 g/mol. The predicted octanol–water partition coefficient (Wildman–Crippen LogP) is 4.63. The molecule has 3 N–H and O–H groups in total. The summed E-state index contributed by atoms with van der Waals surface area (Å²) in [6.07, 6.45) is 0. The van der Waals surface area contributed by atoms with Crippen molar-refractivity contribution in [2.75, 3.05) is 30.5 Å². The zero-order valence-electron chi connectivity index (χ0n) is 20.4. The van der Waals surface area contributed by atoms with E-state index in [-0.39, 0.29) is 19.1 Å². The van der Waals surface area contributed by atoms with Gasteiger partial charge < -0.3 is 25.0 Å². The maximum absolute atomic E-state index is 13.5. The van der Waals surface area contributed by atoms with Gasteiger partial charge in [-0.3, -0.25) is 14.2 Å². The van der Waals surface area contributed by atoms with Crippen molar-refractivity contribution in [3.05, 3.63) is 89.5 Å². The van der Waals surface area contributed by atoms with Gasteiger partial charge in [-0.05, 0) is 61.9 Å². The summed E-state index contributed by atoms with van der Waals surface area (Å²) >= 11 is 0. The van der Waals surface area contributed by atoms with Gasteiger partial charge in [0.05, 0.1) is 29.8 Å². The monoisotopic (exact) mass is 505 g/mol. The molecule has 9 heteroatoms. The summed E-state index contributed by atoms with van der Waals surface area (Å²) in [4.78, 5) is 26.8. The van der Waals surface area contributed by atoms with Gasteiger partial charge in [-0.15, -0.1) is 0 Å². The normalized spacial score (nSPS) is 14.2. The van der Waals surface area contributed by atoms with Gasteiger partial charge in [0.25, 0.3) is 5.91 Å². The van der Waals surface area contributed by atoms with Gasteiger partial charge in [0.1, 0.15) is 0 Å². The van der Waals surface area contributed by atoms with Crippen LogP contribution < -0.4 is 21.3 Å². The first-order valence-corrected chi connectivity index (χ1v) is 13.1. The van der Waals surface area contributed by atoms with E-state index in [2.05, 4.69) is 5.32 Å². The standard InChI is InChI=1S/C27H28N3O5P/c1-4-34-36(33,35-5-2)21-15-16-23-22(17-21)24(27(32)29-23)25(18-9-7-6-8-10-18)30(3)20-13-11-19(12-14-20)26(28)31/h6-17H,4-5H2,1-3H3,(H2,28,31)(H,29,32)/b25-24-. The first-order chi connectivity index (χ1) is 17.3. The molecule has 0 bridgehead atoms. The summed E-state index contributed by atoms with van der Waals surface area (Å²) in [6, 6.07) is 21.4. The summed E-state index contributed by atoms with van der Waals surface area (Å²) in [6.45, 7) is 3.93. The molecule has 8 nitrogen and oxygen atoms in total. The van der Waals surface area contributed by atoms with Crippen LogP contribution in [0.3, 0.4) is 0 Å². The lowest BCUT2D eigenvalue weighted by Gasteiger charge is -2.25. The third kappa shape index (κ3) is 4.84. The Bertz CT molecular complexity index is 1360. The van der Waals surface area contributed by atoms with Crippen molar-refractivity contribution in [1.29, 1.82) is 0 Å². The summed E-state index contributed by atoms with van der Waals surface area (Å²) in [5.74, 6) is -0.806. The first-order valence-electron chi connectivity index (χ1n) is 11.6. The topological polar surface area (TPSA) is 111 Å². The average molecular weight is 506 g/mol. The molecular formula is C27H28N3O5P. The lowest BCUT2D eigenvalue weighted by Crippen LogP contribution is -2.20. The molecule has 1 aliphatic heterocycles. The molecule has 0 spiro atoms. The van der Waals surface area contributed by atoms with E-state index in [1.54, 1.807) is 56.3 Å². The fourth-order valence-corrected chi connectivity index (χ4v) is 5.76. The number of nitrogens with two attached hydrogens (primary N) is 1. The Labute approximate surface area is 210 Å². The van der Waals surface area contributed by atoms with E-state index in [1.807, 2.05) is 42.3 Å². The molecule has 0 saturated carbocycles. The van der Waals surface area contributed by atoms with Gasteiger partial charge in [0, 0.05) is 29.5 Å². The summed E-state index contributed by atoms with van der Waals surface area (Å²) < 4.78 is 24.5. The van der Waals surface area contributed by atoms with E-state index < -0.39 is 13.5 Å². The summed E-state index contributed by atoms with van der Waals surface area (Å²) in [5.41, 5.74) is 9.58. The molecule has 0 radical (unpaired) electrons. The van der Waals surface area contributed by atoms with Gasteiger partial charge in [-0.1, -0.05) is 30.3 Å². The van der Waals surface area contributed by atoms with Gasteiger partial charge in [0.2, 0.25) is 5.91 Å². The van der Waals surface area contributed by atoms with Crippen molar-refractivity contribution >= 4 is 47.4 Å². The Morgan fingerprint density at radius 1 is 0.944 bits per heavy atom. The number of anilines is 2. The Hall–Kier alpha value is -3.71. The number of nitrogens with one attached hydrogen (secondary N) is 1. The molecule has 36 heavy (non-hydrogen) atoms. The number of hydrogen-bond donors (Lipinski definition) is 2. The second-order valence-corrected chi connectivity index (χ2v) is 10.1. The highest BCUT2D eigenvalue weighted by atomic mass is 31.2. The van der Waals surface area contributed by atoms with Crippen LogP contribution in [0.2, 0.25) is 0 Å². The third-order valence-corrected chi connectivity index (χ3v) is 7.93. The number of primary amides is 1.